The van der Waals surface area contributed by atoms with Gasteiger partial charge in [-0.1, -0.05) is 0 Å². The third kappa shape index (κ3) is 3.49. The molecule has 1 N–H and O–H groups in total. The van der Waals surface area contributed by atoms with Gasteiger partial charge in [0, 0.05) is 18.1 Å². The van der Waals surface area contributed by atoms with Crippen LogP contribution in [0.15, 0.2) is 18.2 Å². The summed E-state index contributed by atoms with van der Waals surface area (Å²) in [5.74, 6) is -1.05. The molecule has 1 aromatic heterocycles. The summed E-state index contributed by atoms with van der Waals surface area (Å²) < 4.78 is 0. The lowest BCUT2D eigenvalue weighted by molar-refractivity contribution is -0.398. The van der Waals surface area contributed by atoms with Crippen LogP contribution in [-0.2, 0) is 9.59 Å². The van der Waals surface area contributed by atoms with Gasteiger partial charge in [-0.2, -0.15) is 0 Å². The highest BCUT2D eigenvalue weighted by Crippen LogP contribution is 1.92. The number of nitrogens with one attached hydrogen (secondary N) is 1. The Kier molecular flexibility index (Phi) is 3.72. The summed E-state index contributed by atoms with van der Waals surface area (Å²) in [5.41, 5.74) is 0.946. The third-order valence-corrected chi connectivity index (χ3v) is 1.78. The molecule has 1 aromatic rings. The van der Waals surface area contributed by atoms with Crippen molar-refractivity contribution in [1.82, 2.24) is 0 Å². The molecule has 4 heteroatoms. The molecule has 4 nitrogen and oxygen atoms in total. The van der Waals surface area contributed by atoms with Crippen LogP contribution in [0.25, 0.3) is 18.7 Å². The number of carboxylic acids is 1. The van der Waals surface area contributed by atoms with E-state index in [4.69, 9.17) is 9.90 Å². The number of hydrogen-bond donors (Lipinski definition) is 0. The van der Waals surface area contributed by atoms with E-state index in [2.05, 4.69) is 11.6 Å². The topological polar surface area (TPSA) is 71.3 Å². The molecule has 0 amide bonds. The molecule has 1 aliphatic carbocycles. The fourth-order valence-corrected chi connectivity index (χ4v) is 1.20. The molecule has 0 aromatic carbocycles. The second-order valence-corrected chi connectivity index (χ2v) is 3.22. The van der Waals surface area contributed by atoms with Gasteiger partial charge in [0.25, 0.3) is 0 Å². The van der Waals surface area contributed by atoms with Gasteiger partial charge in [0.2, 0.25) is 5.69 Å². The maximum absolute atomic E-state index is 10.9. The van der Waals surface area contributed by atoms with E-state index in [0.29, 0.717) is 0 Å². The minimum Gasteiger partial charge on any atom is -0.550 e. The van der Waals surface area contributed by atoms with Gasteiger partial charge in [0.1, 0.15) is 0 Å². The number of ketones is 1. The number of carboxylic acid groups (broad SMARTS) is 1. The predicted molar refractivity (Wildman–Crippen MR) is 57.0 cm³/mol. The number of allylic oxidation sites excluding steroid dienone is 1. The molecule has 1 heterocycles. The molecule has 0 fully saturated rings. The number of carbonyl (C=O) groups is 2. The van der Waals surface area contributed by atoms with E-state index in [9.17, 15) is 4.79 Å². The van der Waals surface area contributed by atoms with Crippen molar-refractivity contribution in [2.24, 2.45) is 0 Å². The zero-order chi connectivity index (χ0) is 12.1. The molecule has 0 saturated carbocycles. The first kappa shape index (κ1) is 11.8. The Hall–Kier alpha value is -2.23. The lowest BCUT2D eigenvalue weighted by atomic mass is 10.1. The van der Waals surface area contributed by atoms with Crippen molar-refractivity contribution in [2.45, 2.75) is 6.92 Å². The molecule has 1 aliphatic rings. The molecular formula is C12H11NO3. The van der Waals surface area contributed by atoms with Crippen LogP contribution in [-0.4, -0.2) is 11.8 Å². The highest BCUT2D eigenvalue weighted by Gasteiger charge is 2.05. The Balaban J connectivity index is 0.000000280. The fourth-order valence-electron chi connectivity index (χ4n) is 1.20. The van der Waals surface area contributed by atoms with Gasteiger partial charge in [-0.3, -0.25) is 4.79 Å². The van der Waals surface area contributed by atoms with E-state index in [-0.39, 0.29) is 5.78 Å². The number of fused-ring (bicyclic) bond motifs is 1. The second kappa shape index (κ2) is 5.02. The monoisotopic (exact) mass is 217 g/mol. The maximum Gasteiger partial charge on any atom is 0.211 e. The van der Waals surface area contributed by atoms with Gasteiger partial charge < -0.3 is 9.90 Å². The summed E-state index contributed by atoms with van der Waals surface area (Å²) in [4.78, 5) is 22.9. The normalized spacial score (nSPS) is 11.9. The number of carbonyl (C=O) groups excluding carboxylic acids is 2. The van der Waals surface area contributed by atoms with Crippen molar-refractivity contribution in [3.63, 3.8) is 0 Å². The maximum atomic E-state index is 10.9. The second-order valence-electron chi connectivity index (χ2n) is 3.22. The van der Waals surface area contributed by atoms with Crippen LogP contribution < -0.4 is 20.7 Å². The summed E-state index contributed by atoms with van der Waals surface area (Å²) >= 11 is 0. The van der Waals surface area contributed by atoms with Crippen molar-refractivity contribution >= 4 is 30.5 Å². The number of aromatic amines is 1. The molecular weight excluding hydrogens is 206 g/mol. The Bertz CT molecular complexity index is 554. The Labute approximate surface area is 92.3 Å². The molecule has 0 bridgehead atoms. The summed E-state index contributed by atoms with van der Waals surface area (Å²) in [6, 6.07) is 3.73. The molecule has 0 unspecified atom stereocenters. The SMILES string of the molecule is C=c1ccc2c([nH+]1)C=CC(=O)C=2.CC(=O)[O-]. The van der Waals surface area contributed by atoms with Crippen LogP contribution in [0.5, 0.6) is 0 Å². The first-order valence-corrected chi connectivity index (χ1v) is 4.61. The molecule has 0 saturated heterocycles. The number of aliphatic carboxylic acids is 1. The van der Waals surface area contributed by atoms with Crippen molar-refractivity contribution in [1.29, 1.82) is 0 Å². The van der Waals surface area contributed by atoms with Crippen molar-refractivity contribution in [3.8, 4) is 0 Å². The number of aromatic nitrogens is 1. The van der Waals surface area contributed by atoms with Crippen molar-refractivity contribution in [2.75, 3.05) is 0 Å². The Morgan fingerprint density at radius 1 is 1.38 bits per heavy atom. The van der Waals surface area contributed by atoms with Crippen LogP contribution in [0.3, 0.4) is 0 Å². The molecule has 16 heavy (non-hydrogen) atoms. The molecule has 0 spiro atoms. The number of rotatable bonds is 0. The van der Waals surface area contributed by atoms with Crippen LogP contribution in [0.4, 0.5) is 0 Å². The van der Waals surface area contributed by atoms with Crippen LogP contribution >= 0.6 is 0 Å². The van der Waals surface area contributed by atoms with E-state index in [1.165, 1.54) is 6.08 Å². The van der Waals surface area contributed by atoms with Gasteiger partial charge in [0.05, 0.1) is 5.22 Å². The van der Waals surface area contributed by atoms with Crippen LogP contribution in [0.2, 0.25) is 0 Å². The predicted octanol–water partition coefficient (Wildman–Crippen LogP) is -1.96. The first-order chi connectivity index (χ1) is 7.49. The Morgan fingerprint density at radius 2 is 2.00 bits per heavy atom. The summed E-state index contributed by atoms with van der Waals surface area (Å²) in [7, 11) is 0. The van der Waals surface area contributed by atoms with Gasteiger partial charge in [0.15, 0.2) is 11.1 Å². The van der Waals surface area contributed by atoms with E-state index in [1.54, 1.807) is 12.2 Å². The quantitative estimate of drug-likeness (QED) is 0.507. The molecule has 2 rings (SSSR count). The Morgan fingerprint density at radius 3 is 2.62 bits per heavy atom. The van der Waals surface area contributed by atoms with E-state index in [0.717, 1.165) is 23.2 Å². The highest BCUT2D eigenvalue weighted by atomic mass is 16.4. The zero-order valence-corrected chi connectivity index (χ0v) is 8.82. The van der Waals surface area contributed by atoms with Gasteiger partial charge in [-0.25, -0.2) is 4.98 Å². The largest absolute Gasteiger partial charge is 0.550 e. The smallest absolute Gasteiger partial charge is 0.211 e. The zero-order valence-electron chi connectivity index (χ0n) is 8.82. The number of pyridine rings is 1. The van der Waals surface area contributed by atoms with Crippen molar-refractivity contribution < 1.29 is 19.7 Å². The molecule has 0 radical (unpaired) electrons. The van der Waals surface area contributed by atoms with Gasteiger partial charge >= 0.3 is 0 Å². The highest BCUT2D eigenvalue weighted by molar-refractivity contribution is 6.16. The van der Waals surface area contributed by atoms with Gasteiger partial charge in [-0.05, 0) is 31.7 Å². The summed E-state index contributed by atoms with van der Waals surface area (Å²) in [6.07, 6.45) is 4.91. The average molecular weight is 217 g/mol. The van der Waals surface area contributed by atoms with Crippen LogP contribution in [0.1, 0.15) is 12.6 Å². The average Bonchev–Trinajstić information content (AvgIpc) is 2.17. The van der Waals surface area contributed by atoms with E-state index < -0.39 is 5.97 Å². The minimum atomic E-state index is -1.08. The first-order valence-electron chi connectivity index (χ1n) is 4.61. The van der Waals surface area contributed by atoms with E-state index >= 15 is 0 Å². The van der Waals surface area contributed by atoms with Crippen molar-refractivity contribution in [3.05, 3.63) is 34.5 Å². The standard InChI is InChI=1S/C10H7NO.C2H4O2/c1-7-2-3-8-6-9(12)4-5-10(8)11-7;1-2(3)4/h2-6H,1H2;1H3,(H,3,4). The lowest BCUT2D eigenvalue weighted by Gasteiger charge is -1.93. The summed E-state index contributed by atoms with van der Waals surface area (Å²) in [5, 5.41) is 10.7. The molecule has 0 aliphatic heterocycles. The minimum absolute atomic E-state index is 0.0349. The van der Waals surface area contributed by atoms with Crippen LogP contribution in [0, 0.1) is 0 Å². The summed E-state index contributed by atoms with van der Waals surface area (Å²) in [6.45, 7) is 4.73. The number of H-pyrrole nitrogens is 1. The number of hydrogen-bond acceptors (Lipinski definition) is 3. The molecule has 82 valence electrons. The molecule has 0 atom stereocenters. The fraction of sp³-hybridized carbons (Fsp3) is 0.0833. The lowest BCUT2D eigenvalue weighted by Crippen LogP contribution is -2.35. The van der Waals surface area contributed by atoms with E-state index in [1.807, 2.05) is 12.1 Å². The third-order valence-electron chi connectivity index (χ3n) is 1.78. The van der Waals surface area contributed by atoms with Gasteiger partial charge in [-0.15, -0.1) is 0 Å².